The van der Waals surface area contributed by atoms with E-state index in [0.29, 0.717) is 30.5 Å². The van der Waals surface area contributed by atoms with Gasteiger partial charge in [-0.15, -0.1) is 0 Å². The molecule has 11 atom stereocenters. The highest BCUT2D eigenvalue weighted by molar-refractivity contribution is 6.08. The number of hydrogen-bond acceptors (Lipinski definition) is 8. The molecule has 0 spiro atoms. The molecule has 4 fully saturated rings. The first-order valence-electron chi connectivity index (χ1n) is 17.4. The van der Waals surface area contributed by atoms with Gasteiger partial charge in [0.25, 0.3) is 5.91 Å². The van der Waals surface area contributed by atoms with E-state index >= 15 is 0 Å². The molecule has 0 radical (unpaired) electrons. The van der Waals surface area contributed by atoms with Gasteiger partial charge in [0.1, 0.15) is 17.3 Å². The maximum Gasteiger partial charge on any atom is 0.340 e. The fourth-order valence-corrected chi connectivity index (χ4v) is 11.0. The van der Waals surface area contributed by atoms with E-state index < -0.39 is 34.8 Å². The number of nitrogens with one attached hydrogen (secondary N) is 1. The summed E-state index contributed by atoms with van der Waals surface area (Å²) in [4.78, 5) is 29.3. The summed E-state index contributed by atoms with van der Waals surface area (Å²) in [5.74, 6) is -1.25. The standard InChI is InChI=1S/C38H52N2O7/c1-8-27-29-20-28(36(27,5)32-19-26-31(45-6)21-37(29,43)38(32,44)33(26)46-7)22(4)47-35(42)25-13-11-12-14-30(25)39-34(41)23-15-17-24(18-16-23)40(9-2)10-3/h11-18,22,26-29,31-33,43-44H,8-10,19-21H2,1-7H3,(H,39,41)/t22-,26?,27+,28?,29?,31-,32?,33-,36?,37+,38+/m0/s1. The predicted octanol–water partition coefficient (Wildman–Crippen LogP) is 5.54. The highest BCUT2D eigenvalue weighted by Gasteiger charge is 2.82. The first-order valence-corrected chi connectivity index (χ1v) is 17.4. The van der Waals surface area contributed by atoms with E-state index in [1.807, 2.05) is 19.1 Å². The summed E-state index contributed by atoms with van der Waals surface area (Å²) in [7, 11) is 3.30. The minimum atomic E-state index is -1.41. The lowest BCUT2D eigenvalue weighted by molar-refractivity contribution is -0.308. The van der Waals surface area contributed by atoms with Crippen LogP contribution in [0.3, 0.4) is 0 Å². The SMILES string of the molecule is CC[C@@H]1C2CC([C@H](C)OC(=O)c3ccccc3NC(=O)c3ccc(N(CC)CC)cc3)C1(C)C1CC3[C@@H](OC)C[C@]2(O)[C@]1(O)[C@H]3OC. The number of para-hydroxylation sites is 1. The minimum Gasteiger partial charge on any atom is -0.459 e. The predicted molar refractivity (Wildman–Crippen MR) is 180 cm³/mol. The molecular formula is C38H52N2O7. The lowest BCUT2D eigenvalue weighted by Crippen LogP contribution is -2.75. The second-order valence-corrected chi connectivity index (χ2v) is 14.5. The van der Waals surface area contributed by atoms with Gasteiger partial charge in [0, 0.05) is 56.8 Å². The molecule has 0 aliphatic heterocycles. The number of aliphatic hydroxyl groups is 2. The number of benzene rings is 2. The van der Waals surface area contributed by atoms with Gasteiger partial charge in [-0.1, -0.05) is 32.4 Å². The molecular weight excluding hydrogens is 596 g/mol. The molecule has 4 bridgehead atoms. The van der Waals surface area contributed by atoms with Crippen LogP contribution in [0.1, 0.15) is 81.0 Å². The summed E-state index contributed by atoms with van der Waals surface area (Å²) >= 11 is 0. The number of methoxy groups -OCH3 is 2. The van der Waals surface area contributed by atoms with Crippen molar-refractivity contribution in [1.82, 2.24) is 0 Å². The van der Waals surface area contributed by atoms with Gasteiger partial charge in [-0.2, -0.15) is 0 Å². The van der Waals surface area contributed by atoms with Crippen LogP contribution in [0.25, 0.3) is 0 Å². The Balaban J connectivity index is 1.23. The zero-order valence-corrected chi connectivity index (χ0v) is 28.9. The molecule has 0 saturated heterocycles. The van der Waals surface area contributed by atoms with E-state index in [2.05, 4.69) is 37.9 Å². The quantitative estimate of drug-likeness (QED) is 0.272. The molecule has 4 aliphatic carbocycles. The van der Waals surface area contributed by atoms with E-state index in [9.17, 15) is 19.8 Å². The molecule has 1 amide bonds. The maximum absolute atomic E-state index is 13.8. The van der Waals surface area contributed by atoms with Crippen molar-refractivity contribution in [3.05, 3.63) is 59.7 Å². The number of ether oxygens (including phenoxy) is 3. The molecule has 4 saturated carbocycles. The molecule has 2 aromatic carbocycles. The summed E-state index contributed by atoms with van der Waals surface area (Å²) in [5, 5.41) is 28.0. The van der Waals surface area contributed by atoms with E-state index in [4.69, 9.17) is 14.2 Å². The molecule has 6 rings (SSSR count). The molecule has 0 aromatic heterocycles. The Labute approximate surface area is 279 Å². The Morgan fingerprint density at radius 3 is 2.30 bits per heavy atom. The number of carbonyl (C=O) groups excluding carboxylic acids is 2. The van der Waals surface area contributed by atoms with Crippen molar-refractivity contribution in [2.24, 2.45) is 35.0 Å². The first kappa shape index (κ1) is 33.9. The molecule has 9 nitrogen and oxygen atoms in total. The van der Waals surface area contributed by atoms with Crippen LogP contribution in [0, 0.1) is 35.0 Å². The fourth-order valence-electron chi connectivity index (χ4n) is 11.0. The van der Waals surface area contributed by atoms with Crippen LogP contribution in [0.2, 0.25) is 0 Å². The van der Waals surface area contributed by atoms with Gasteiger partial charge < -0.3 is 34.6 Å². The van der Waals surface area contributed by atoms with E-state index in [1.54, 1.807) is 50.6 Å². The molecule has 47 heavy (non-hydrogen) atoms. The Morgan fingerprint density at radius 1 is 1.00 bits per heavy atom. The molecule has 9 heteroatoms. The third kappa shape index (κ3) is 4.86. The van der Waals surface area contributed by atoms with Crippen LogP contribution in [0.4, 0.5) is 11.4 Å². The Hall–Kier alpha value is -2.98. The molecule has 3 N–H and O–H groups in total. The van der Waals surface area contributed by atoms with Crippen molar-refractivity contribution < 1.29 is 34.0 Å². The third-order valence-electron chi connectivity index (χ3n) is 13.0. The third-order valence-corrected chi connectivity index (χ3v) is 13.0. The number of fused-ring (bicyclic) bond motifs is 5. The van der Waals surface area contributed by atoms with E-state index in [0.717, 1.165) is 25.2 Å². The van der Waals surface area contributed by atoms with Crippen molar-refractivity contribution >= 4 is 23.3 Å². The van der Waals surface area contributed by atoms with Gasteiger partial charge in [0.2, 0.25) is 0 Å². The summed E-state index contributed by atoms with van der Waals surface area (Å²) in [6, 6.07) is 14.4. The Morgan fingerprint density at radius 2 is 1.68 bits per heavy atom. The van der Waals surface area contributed by atoms with Crippen LogP contribution in [-0.2, 0) is 14.2 Å². The number of amides is 1. The summed E-state index contributed by atoms with van der Waals surface area (Å²) in [5.41, 5.74) is -0.975. The Bertz CT molecular complexity index is 1480. The maximum atomic E-state index is 13.8. The zero-order valence-electron chi connectivity index (χ0n) is 28.9. The topological polar surface area (TPSA) is 118 Å². The molecule has 2 aromatic rings. The van der Waals surface area contributed by atoms with Crippen molar-refractivity contribution in [1.29, 1.82) is 0 Å². The summed E-state index contributed by atoms with van der Waals surface area (Å²) < 4.78 is 18.1. The summed E-state index contributed by atoms with van der Waals surface area (Å²) in [6.45, 7) is 12.3. The normalized spacial score (nSPS) is 37.3. The monoisotopic (exact) mass is 648 g/mol. The number of carbonyl (C=O) groups is 2. The second kappa shape index (κ2) is 12.5. The van der Waals surface area contributed by atoms with Crippen molar-refractivity contribution in [3.63, 3.8) is 0 Å². The van der Waals surface area contributed by atoms with Gasteiger partial charge in [0.05, 0.1) is 23.5 Å². The number of nitrogens with zero attached hydrogens (tertiary/aromatic N) is 1. The van der Waals surface area contributed by atoms with Gasteiger partial charge in [-0.05, 0) is 93.2 Å². The van der Waals surface area contributed by atoms with Crippen LogP contribution in [0.15, 0.2) is 48.5 Å². The largest absolute Gasteiger partial charge is 0.459 e. The highest BCUT2D eigenvalue weighted by atomic mass is 16.5. The Kier molecular flexibility index (Phi) is 9.00. The van der Waals surface area contributed by atoms with Crippen LogP contribution in [0.5, 0.6) is 0 Å². The number of hydrogen-bond donors (Lipinski definition) is 3. The molecule has 256 valence electrons. The summed E-state index contributed by atoms with van der Waals surface area (Å²) in [6.07, 6.45) is 1.29. The van der Waals surface area contributed by atoms with Crippen LogP contribution in [-0.4, -0.2) is 78.9 Å². The molecule has 0 heterocycles. The van der Waals surface area contributed by atoms with Crippen LogP contribution < -0.4 is 10.2 Å². The molecule has 5 unspecified atom stereocenters. The zero-order chi connectivity index (χ0) is 33.9. The first-order chi connectivity index (χ1) is 22.4. The number of rotatable bonds is 11. The minimum absolute atomic E-state index is 0.0311. The van der Waals surface area contributed by atoms with E-state index in [-0.39, 0.29) is 47.2 Å². The van der Waals surface area contributed by atoms with Crippen molar-refractivity contribution in [3.8, 4) is 0 Å². The lowest BCUT2D eigenvalue weighted by Gasteiger charge is -2.62. The van der Waals surface area contributed by atoms with Gasteiger partial charge in [-0.25, -0.2) is 4.79 Å². The van der Waals surface area contributed by atoms with Crippen molar-refractivity contribution in [2.75, 3.05) is 37.5 Å². The fraction of sp³-hybridized carbons (Fsp3) is 0.632. The lowest BCUT2D eigenvalue weighted by atomic mass is 9.48. The number of anilines is 2. The average Bonchev–Trinajstić information content (AvgIpc) is 3.52. The smallest absolute Gasteiger partial charge is 0.340 e. The van der Waals surface area contributed by atoms with Gasteiger partial charge >= 0.3 is 5.97 Å². The van der Waals surface area contributed by atoms with E-state index in [1.165, 1.54) is 0 Å². The van der Waals surface area contributed by atoms with Crippen molar-refractivity contribution in [2.45, 2.75) is 89.8 Å². The second-order valence-electron chi connectivity index (χ2n) is 14.5. The van der Waals surface area contributed by atoms with Crippen LogP contribution >= 0.6 is 0 Å². The molecule has 4 aliphatic rings. The number of esters is 1. The average molecular weight is 649 g/mol. The van der Waals surface area contributed by atoms with Gasteiger partial charge in [0.15, 0.2) is 0 Å². The highest BCUT2D eigenvalue weighted by Crippen LogP contribution is 2.75. The van der Waals surface area contributed by atoms with Gasteiger partial charge in [-0.3, -0.25) is 4.79 Å².